The summed E-state index contributed by atoms with van der Waals surface area (Å²) in [6, 6.07) is 12.6. The molecule has 1 atom stereocenters. The normalized spacial score (nSPS) is 18.8. The molecule has 148 valence electrons. The Morgan fingerprint density at radius 3 is 2.61 bits per heavy atom. The van der Waals surface area contributed by atoms with Crippen LogP contribution in [0.15, 0.2) is 41.8 Å². The molecule has 1 fully saturated rings. The van der Waals surface area contributed by atoms with E-state index < -0.39 is 0 Å². The lowest BCUT2D eigenvalue weighted by molar-refractivity contribution is -0.142. The van der Waals surface area contributed by atoms with Crippen LogP contribution in [-0.2, 0) is 16.0 Å². The molecule has 0 N–H and O–H groups in total. The smallest absolute Gasteiger partial charge is 0.243 e. The van der Waals surface area contributed by atoms with Gasteiger partial charge in [0.2, 0.25) is 11.8 Å². The SMILES string of the molecule is CC(C)CC(=O)N(CC(=O)N1CCc2sccc2[C@H]1c1ccccc1)C1CC1. The van der Waals surface area contributed by atoms with Crippen LogP contribution in [0.2, 0.25) is 0 Å². The Morgan fingerprint density at radius 2 is 1.93 bits per heavy atom. The van der Waals surface area contributed by atoms with Gasteiger partial charge >= 0.3 is 0 Å². The van der Waals surface area contributed by atoms with Gasteiger partial charge in [0.05, 0.1) is 6.04 Å². The highest BCUT2D eigenvalue weighted by Gasteiger charge is 2.38. The van der Waals surface area contributed by atoms with Gasteiger partial charge in [0.15, 0.2) is 0 Å². The first-order valence-electron chi connectivity index (χ1n) is 10.2. The number of carbonyl (C=O) groups is 2. The first-order valence-corrected chi connectivity index (χ1v) is 11.1. The number of carbonyl (C=O) groups excluding carboxylic acids is 2. The van der Waals surface area contributed by atoms with Crippen LogP contribution >= 0.6 is 11.3 Å². The van der Waals surface area contributed by atoms with Crippen molar-refractivity contribution < 1.29 is 9.59 Å². The van der Waals surface area contributed by atoms with Crippen LogP contribution in [0.4, 0.5) is 0 Å². The van der Waals surface area contributed by atoms with E-state index in [4.69, 9.17) is 0 Å². The molecule has 1 aromatic heterocycles. The number of hydrogen-bond acceptors (Lipinski definition) is 3. The van der Waals surface area contributed by atoms with E-state index in [1.807, 2.05) is 28.0 Å². The summed E-state index contributed by atoms with van der Waals surface area (Å²) in [6.07, 6.45) is 3.45. The van der Waals surface area contributed by atoms with Gasteiger partial charge < -0.3 is 9.80 Å². The number of amides is 2. The van der Waals surface area contributed by atoms with Crippen LogP contribution in [0.5, 0.6) is 0 Å². The Morgan fingerprint density at radius 1 is 1.18 bits per heavy atom. The number of nitrogens with zero attached hydrogens (tertiary/aromatic N) is 2. The van der Waals surface area contributed by atoms with Gasteiger partial charge in [0.1, 0.15) is 6.54 Å². The minimum Gasteiger partial charge on any atom is -0.330 e. The Balaban J connectivity index is 1.58. The second kappa shape index (κ2) is 8.08. The molecular formula is C23H28N2O2S. The van der Waals surface area contributed by atoms with Gasteiger partial charge in [-0.25, -0.2) is 0 Å². The van der Waals surface area contributed by atoms with E-state index in [2.05, 4.69) is 37.4 Å². The highest BCUT2D eigenvalue weighted by molar-refractivity contribution is 7.10. The molecule has 1 aliphatic carbocycles. The van der Waals surface area contributed by atoms with Crippen LogP contribution < -0.4 is 0 Å². The summed E-state index contributed by atoms with van der Waals surface area (Å²) in [4.78, 5) is 31.3. The zero-order valence-corrected chi connectivity index (χ0v) is 17.5. The van der Waals surface area contributed by atoms with Crippen molar-refractivity contribution in [3.8, 4) is 0 Å². The van der Waals surface area contributed by atoms with Gasteiger partial charge in [-0.3, -0.25) is 9.59 Å². The summed E-state index contributed by atoms with van der Waals surface area (Å²) in [7, 11) is 0. The molecule has 4 rings (SSSR count). The lowest BCUT2D eigenvalue weighted by Gasteiger charge is -2.37. The lowest BCUT2D eigenvalue weighted by Crippen LogP contribution is -2.47. The standard InChI is InChI=1S/C23H28N2O2S/c1-16(2)14-21(26)25(18-8-9-18)15-22(27)24-12-10-20-19(11-13-28-20)23(24)17-6-4-3-5-7-17/h3-7,11,13,16,18,23H,8-10,12,14-15H2,1-2H3/t23-/m1/s1. The number of hydrogen-bond donors (Lipinski definition) is 0. The van der Waals surface area contributed by atoms with Crippen molar-refractivity contribution in [2.24, 2.45) is 5.92 Å². The first kappa shape index (κ1) is 19.2. The molecule has 1 saturated carbocycles. The fourth-order valence-corrected chi connectivity index (χ4v) is 4.99. The third-order valence-electron chi connectivity index (χ3n) is 5.60. The molecule has 0 spiro atoms. The van der Waals surface area contributed by atoms with E-state index in [9.17, 15) is 9.59 Å². The van der Waals surface area contributed by atoms with Crippen molar-refractivity contribution in [2.45, 2.75) is 51.6 Å². The van der Waals surface area contributed by atoms with E-state index in [1.54, 1.807) is 11.3 Å². The summed E-state index contributed by atoms with van der Waals surface area (Å²) < 4.78 is 0. The number of rotatable bonds is 6. The van der Waals surface area contributed by atoms with Gasteiger partial charge in [-0.05, 0) is 47.8 Å². The molecule has 4 nitrogen and oxygen atoms in total. The molecule has 28 heavy (non-hydrogen) atoms. The molecule has 2 aliphatic rings. The maximum Gasteiger partial charge on any atom is 0.243 e. The molecule has 2 aromatic rings. The highest BCUT2D eigenvalue weighted by atomic mass is 32.1. The molecular weight excluding hydrogens is 368 g/mol. The van der Waals surface area contributed by atoms with Gasteiger partial charge in [0, 0.05) is 23.9 Å². The monoisotopic (exact) mass is 396 g/mol. The van der Waals surface area contributed by atoms with Gasteiger partial charge in [-0.2, -0.15) is 0 Å². The van der Waals surface area contributed by atoms with Gasteiger partial charge in [-0.15, -0.1) is 11.3 Å². The largest absolute Gasteiger partial charge is 0.330 e. The first-order chi connectivity index (χ1) is 13.5. The van der Waals surface area contributed by atoms with Crippen molar-refractivity contribution in [1.82, 2.24) is 9.80 Å². The summed E-state index contributed by atoms with van der Waals surface area (Å²) >= 11 is 1.78. The van der Waals surface area contributed by atoms with E-state index in [0.717, 1.165) is 24.8 Å². The van der Waals surface area contributed by atoms with Crippen LogP contribution in [0.3, 0.4) is 0 Å². The predicted octanol–water partition coefficient (Wildman–Crippen LogP) is 4.26. The van der Waals surface area contributed by atoms with E-state index in [0.29, 0.717) is 18.9 Å². The van der Waals surface area contributed by atoms with Crippen LogP contribution in [0, 0.1) is 5.92 Å². The van der Waals surface area contributed by atoms with Gasteiger partial charge in [0.25, 0.3) is 0 Å². The third kappa shape index (κ3) is 4.00. The lowest BCUT2D eigenvalue weighted by atomic mass is 9.93. The molecule has 1 aliphatic heterocycles. The van der Waals surface area contributed by atoms with Crippen molar-refractivity contribution in [1.29, 1.82) is 0 Å². The molecule has 0 saturated heterocycles. The average molecular weight is 397 g/mol. The van der Waals surface area contributed by atoms with E-state index in [1.165, 1.54) is 10.4 Å². The zero-order chi connectivity index (χ0) is 19.7. The molecule has 0 bridgehead atoms. The third-order valence-corrected chi connectivity index (χ3v) is 6.59. The number of fused-ring (bicyclic) bond motifs is 1. The van der Waals surface area contributed by atoms with E-state index >= 15 is 0 Å². The highest BCUT2D eigenvalue weighted by Crippen LogP contribution is 2.38. The van der Waals surface area contributed by atoms with Crippen molar-refractivity contribution >= 4 is 23.2 Å². The number of thiophene rings is 1. The Labute approximate surface area is 171 Å². The minimum absolute atomic E-state index is 0.0510. The van der Waals surface area contributed by atoms with Crippen LogP contribution in [0.1, 0.15) is 55.2 Å². The summed E-state index contributed by atoms with van der Waals surface area (Å²) in [5, 5.41) is 2.12. The van der Waals surface area contributed by atoms with Gasteiger partial charge in [-0.1, -0.05) is 44.2 Å². The van der Waals surface area contributed by atoms with E-state index in [-0.39, 0.29) is 30.4 Å². The van der Waals surface area contributed by atoms with Crippen molar-refractivity contribution in [3.05, 3.63) is 57.8 Å². The molecule has 2 amide bonds. The maximum absolute atomic E-state index is 13.4. The number of benzene rings is 1. The Kier molecular flexibility index (Phi) is 5.54. The molecule has 0 radical (unpaired) electrons. The predicted molar refractivity (Wildman–Crippen MR) is 112 cm³/mol. The van der Waals surface area contributed by atoms with Crippen LogP contribution in [-0.4, -0.2) is 40.7 Å². The summed E-state index contributed by atoms with van der Waals surface area (Å²) in [5.74, 6) is 0.495. The fourth-order valence-electron chi connectivity index (χ4n) is 4.09. The zero-order valence-electron chi connectivity index (χ0n) is 16.6. The maximum atomic E-state index is 13.4. The Bertz CT molecular complexity index is 841. The van der Waals surface area contributed by atoms with Crippen molar-refractivity contribution in [3.63, 3.8) is 0 Å². The fraction of sp³-hybridized carbons (Fsp3) is 0.478. The molecule has 0 unspecified atom stereocenters. The second-order valence-corrected chi connectivity index (χ2v) is 9.30. The topological polar surface area (TPSA) is 40.6 Å². The Hall–Kier alpha value is -2.14. The molecule has 2 heterocycles. The second-order valence-electron chi connectivity index (χ2n) is 8.30. The minimum atomic E-state index is -0.0510. The molecule has 1 aromatic carbocycles. The average Bonchev–Trinajstić information content (AvgIpc) is 3.41. The quantitative estimate of drug-likeness (QED) is 0.732. The summed E-state index contributed by atoms with van der Waals surface area (Å²) in [5.41, 5.74) is 2.38. The summed E-state index contributed by atoms with van der Waals surface area (Å²) in [6.45, 7) is 5.03. The molecule has 5 heteroatoms. The van der Waals surface area contributed by atoms with Crippen LogP contribution in [0.25, 0.3) is 0 Å². The van der Waals surface area contributed by atoms with Crippen molar-refractivity contribution in [2.75, 3.05) is 13.1 Å².